The molecule has 0 aliphatic carbocycles. The molecule has 2 rings (SSSR count). The number of methoxy groups -OCH3 is 1. The topological polar surface area (TPSA) is 68.1 Å². The first-order valence-electron chi connectivity index (χ1n) is 8.24. The quantitative estimate of drug-likeness (QED) is 0.326. The van der Waals surface area contributed by atoms with E-state index in [4.69, 9.17) is 14.7 Å². The number of hydrogen-bond acceptors (Lipinski definition) is 5. The van der Waals surface area contributed by atoms with Crippen molar-refractivity contribution in [1.82, 2.24) is 0 Å². The standard InChI is InChI=1S/C20H23NO4/c1-24-19-12-10-16(11-13-19)8-5-9-18(14-21-23)20(22)25-15-17-6-3-2-4-7-17/h2-4,6-7,10-14,18,23H,5,8-9,15H2,1H3/b21-14-. The van der Waals surface area contributed by atoms with Crippen LogP contribution in [0.1, 0.15) is 24.0 Å². The van der Waals surface area contributed by atoms with Crippen molar-refractivity contribution in [2.24, 2.45) is 11.1 Å². The fraction of sp³-hybridized carbons (Fsp3) is 0.300. The van der Waals surface area contributed by atoms with Crippen LogP contribution in [-0.2, 0) is 22.6 Å². The second-order valence-electron chi connectivity index (χ2n) is 5.70. The van der Waals surface area contributed by atoms with Crippen LogP contribution in [0.4, 0.5) is 0 Å². The van der Waals surface area contributed by atoms with Gasteiger partial charge in [0.15, 0.2) is 0 Å². The SMILES string of the molecule is COc1ccc(CCCC(/C=N\O)C(=O)OCc2ccccc2)cc1. The Morgan fingerprint density at radius 3 is 2.48 bits per heavy atom. The maximum atomic E-state index is 12.2. The van der Waals surface area contributed by atoms with Crippen LogP contribution >= 0.6 is 0 Å². The Labute approximate surface area is 147 Å². The number of carbonyl (C=O) groups excluding carboxylic acids is 1. The van der Waals surface area contributed by atoms with E-state index in [1.165, 1.54) is 6.21 Å². The van der Waals surface area contributed by atoms with E-state index in [1.807, 2.05) is 54.6 Å². The number of oxime groups is 1. The van der Waals surface area contributed by atoms with Crippen LogP contribution in [0, 0.1) is 5.92 Å². The zero-order valence-corrected chi connectivity index (χ0v) is 14.3. The molecule has 0 spiro atoms. The summed E-state index contributed by atoms with van der Waals surface area (Å²) in [4.78, 5) is 12.2. The molecule has 0 aliphatic heterocycles. The minimum atomic E-state index is -0.549. The highest BCUT2D eigenvalue weighted by Gasteiger charge is 2.18. The van der Waals surface area contributed by atoms with Crippen LogP contribution in [0.2, 0.25) is 0 Å². The van der Waals surface area contributed by atoms with Gasteiger partial charge in [0, 0.05) is 0 Å². The van der Waals surface area contributed by atoms with Gasteiger partial charge < -0.3 is 14.7 Å². The van der Waals surface area contributed by atoms with Crippen molar-refractivity contribution in [1.29, 1.82) is 0 Å². The van der Waals surface area contributed by atoms with Gasteiger partial charge in [-0.1, -0.05) is 42.5 Å². The number of hydrogen-bond donors (Lipinski definition) is 1. The summed E-state index contributed by atoms with van der Waals surface area (Å²) >= 11 is 0. The van der Waals surface area contributed by atoms with E-state index in [1.54, 1.807) is 7.11 Å². The molecule has 5 heteroatoms. The predicted molar refractivity (Wildman–Crippen MR) is 95.9 cm³/mol. The average molecular weight is 341 g/mol. The maximum Gasteiger partial charge on any atom is 0.314 e. The highest BCUT2D eigenvalue weighted by Crippen LogP contribution is 2.16. The van der Waals surface area contributed by atoms with Crippen LogP contribution in [-0.4, -0.2) is 24.5 Å². The van der Waals surface area contributed by atoms with E-state index in [0.717, 1.165) is 29.7 Å². The Bertz CT molecular complexity index is 668. The molecule has 2 aromatic rings. The van der Waals surface area contributed by atoms with Crippen LogP contribution < -0.4 is 4.74 Å². The van der Waals surface area contributed by atoms with Gasteiger partial charge in [-0.3, -0.25) is 4.79 Å². The Balaban J connectivity index is 1.81. The first kappa shape index (κ1) is 18.5. The van der Waals surface area contributed by atoms with E-state index >= 15 is 0 Å². The second kappa shape index (κ2) is 10.1. The molecule has 0 bridgehead atoms. The highest BCUT2D eigenvalue weighted by atomic mass is 16.5. The lowest BCUT2D eigenvalue weighted by atomic mass is 10.0. The van der Waals surface area contributed by atoms with Gasteiger partial charge in [-0.15, -0.1) is 5.16 Å². The highest BCUT2D eigenvalue weighted by molar-refractivity contribution is 5.89. The molecule has 0 amide bonds. The number of nitrogens with zero attached hydrogens (tertiary/aromatic N) is 1. The smallest absolute Gasteiger partial charge is 0.314 e. The summed E-state index contributed by atoms with van der Waals surface area (Å²) in [5.41, 5.74) is 2.09. The van der Waals surface area contributed by atoms with Gasteiger partial charge in [-0.05, 0) is 42.5 Å². The van der Waals surface area contributed by atoms with E-state index in [2.05, 4.69) is 5.16 Å². The molecule has 0 saturated carbocycles. The Morgan fingerprint density at radius 2 is 1.84 bits per heavy atom. The van der Waals surface area contributed by atoms with Gasteiger partial charge in [0.2, 0.25) is 0 Å². The molecule has 132 valence electrons. The third kappa shape index (κ3) is 6.30. The normalized spacial score (nSPS) is 12.0. The Morgan fingerprint density at radius 1 is 1.12 bits per heavy atom. The van der Waals surface area contributed by atoms with E-state index in [0.29, 0.717) is 6.42 Å². The molecule has 0 heterocycles. The van der Waals surface area contributed by atoms with Crippen LogP contribution in [0.15, 0.2) is 59.8 Å². The Hall–Kier alpha value is -2.82. The summed E-state index contributed by atoms with van der Waals surface area (Å²) in [5, 5.41) is 11.8. The molecule has 25 heavy (non-hydrogen) atoms. The van der Waals surface area contributed by atoms with E-state index in [9.17, 15) is 4.79 Å². The summed E-state index contributed by atoms with van der Waals surface area (Å²) in [6.45, 7) is 0.216. The molecule has 0 fully saturated rings. The van der Waals surface area contributed by atoms with Gasteiger partial charge in [0.25, 0.3) is 0 Å². The van der Waals surface area contributed by atoms with E-state index < -0.39 is 5.92 Å². The fourth-order valence-corrected chi connectivity index (χ4v) is 2.49. The van der Waals surface area contributed by atoms with Crippen molar-refractivity contribution in [2.75, 3.05) is 7.11 Å². The lowest BCUT2D eigenvalue weighted by molar-refractivity contribution is -0.147. The average Bonchev–Trinajstić information content (AvgIpc) is 2.67. The molecule has 2 aromatic carbocycles. The molecule has 0 aromatic heterocycles. The molecule has 1 unspecified atom stereocenters. The summed E-state index contributed by atoms with van der Waals surface area (Å²) in [6.07, 6.45) is 3.40. The largest absolute Gasteiger partial charge is 0.497 e. The molecular weight excluding hydrogens is 318 g/mol. The minimum Gasteiger partial charge on any atom is -0.497 e. The molecule has 1 atom stereocenters. The summed E-state index contributed by atoms with van der Waals surface area (Å²) in [7, 11) is 1.63. The maximum absolute atomic E-state index is 12.2. The van der Waals surface area contributed by atoms with Crippen molar-refractivity contribution < 1.29 is 19.5 Å². The number of benzene rings is 2. The van der Waals surface area contributed by atoms with Crippen LogP contribution in [0.25, 0.3) is 0 Å². The van der Waals surface area contributed by atoms with Gasteiger partial charge in [-0.2, -0.15) is 0 Å². The number of ether oxygens (including phenoxy) is 2. The van der Waals surface area contributed by atoms with Crippen molar-refractivity contribution in [3.8, 4) is 5.75 Å². The molecule has 0 saturated heterocycles. The first-order valence-corrected chi connectivity index (χ1v) is 8.24. The third-order valence-electron chi connectivity index (χ3n) is 3.91. The number of carbonyl (C=O) groups is 1. The molecular formula is C20H23NO4. The predicted octanol–water partition coefficient (Wildman–Crippen LogP) is 3.84. The van der Waals surface area contributed by atoms with Crippen LogP contribution in [0.5, 0.6) is 5.75 Å². The minimum absolute atomic E-state index is 0.216. The summed E-state index contributed by atoms with van der Waals surface area (Å²) in [5.74, 6) is -0.109. The van der Waals surface area contributed by atoms with Gasteiger partial charge in [0.05, 0.1) is 19.2 Å². The van der Waals surface area contributed by atoms with Crippen molar-refractivity contribution >= 4 is 12.2 Å². The molecule has 1 N–H and O–H groups in total. The molecule has 5 nitrogen and oxygen atoms in total. The van der Waals surface area contributed by atoms with Crippen molar-refractivity contribution in [3.63, 3.8) is 0 Å². The zero-order chi connectivity index (χ0) is 17.9. The first-order chi connectivity index (χ1) is 12.2. The third-order valence-corrected chi connectivity index (χ3v) is 3.91. The van der Waals surface area contributed by atoms with Crippen molar-refractivity contribution in [3.05, 3.63) is 65.7 Å². The van der Waals surface area contributed by atoms with Gasteiger partial charge >= 0.3 is 5.97 Å². The van der Waals surface area contributed by atoms with Gasteiger partial charge in [0.1, 0.15) is 12.4 Å². The molecule has 0 radical (unpaired) electrons. The number of aryl methyl sites for hydroxylation is 1. The van der Waals surface area contributed by atoms with Crippen LogP contribution in [0.3, 0.4) is 0 Å². The summed E-state index contributed by atoms with van der Waals surface area (Å²) in [6, 6.07) is 17.3. The summed E-state index contributed by atoms with van der Waals surface area (Å²) < 4.78 is 10.5. The zero-order valence-electron chi connectivity index (χ0n) is 14.3. The molecule has 0 aliphatic rings. The van der Waals surface area contributed by atoms with E-state index in [-0.39, 0.29) is 12.6 Å². The monoisotopic (exact) mass is 341 g/mol. The lowest BCUT2D eigenvalue weighted by Gasteiger charge is -2.12. The van der Waals surface area contributed by atoms with Crippen molar-refractivity contribution in [2.45, 2.75) is 25.9 Å². The number of esters is 1. The number of rotatable bonds is 9. The lowest BCUT2D eigenvalue weighted by Crippen LogP contribution is -2.19. The second-order valence-corrected chi connectivity index (χ2v) is 5.70. The Kier molecular flexibility index (Phi) is 7.50. The van der Waals surface area contributed by atoms with Gasteiger partial charge in [-0.25, -0.2) is 0 Å². The fourth-order valence-electron chi connectivity index (χ4n) is 2.49.